The summed E-state index contributed by atoms with van der Waals surface area (Å²) in [7, 11) is -1.41. The monoisotopic (exact) mass is 289 g/mol. The van der Waals surface area contributed by atoms with Crippen LogP contribution in [-0.2, 0) is 10.8 Å². The minimum Gasteiger partial charge on any atom is -0.293 e. The SMILES string of the molecule is O=C(CS(=O)c1ccccc1)c1ccc([N+](=O)[O-])cc1. The normalized spacial score (nSPS) is 11.8. The summed E-state index contributed by atoms with van der Waals surface area (Å²) < 4.78 is 12.0. The van der Waals surface area contributed by atoms with E-state index in [1.54, 1.807) is 30.3 Å². The van der Waals surface area contributed by atoms with Crippen molar-refractivity contribution in [1.29, 1.82) is 0 Å². The Kier molecular flexibility index (Phi) is 4.37. The largest absolute Gasteiger partial charge is 0.293 e. The third-order valence-corrected chi connectivity index (χ3v) is 3.99. The molecule has 0 radical (unpaired) electrons. The fraction of sp³-hybridized carbons (Fsp3) is 0.0714. The Bertz CT molecular complexity index is 653. The highest BCUT2D eigenvalue weighted by atomic mass is 32.2. The van der Waals surface area contributed by atoms with E-state index in [1.807, 2.05) is 0 Å². The molecule has 2 aromatic carbocycles. The Morgan fingerprint density at radius 2 is 1.65 bits per heavy atom. The molecule has 1 atom stereocenters. The zero-order valence-corrected chi connectivity index (χ0v) is 11.2. The summed E-state index contributed by atoms with van der Waals surface area (Å²) in [5.74, 6) is -0.441. The lowest BCUT2D eigenvalue weighted by Crippen LogP contribution is -2.11. The van der Waals surface area contributed by atoms with Crippen LogP contribution in [0.5, 0.6) is 0 Å². The van der Waals surface area contributed by atoms with E-state index in [1.165, 1.54) is 24.3 Å². The van der Waals surface area contributed by atoms with E-state index in [0.29, 0.717) is 10.5 Å². The first-order valence-electron chi connectivity index (χ1n) is 5.79. The van der Waals surface area contributed by atoms with Gasteiger partial charge in [0.15, 0.2) is 5.78 Å². The molecule has 0 amide bonds. The Balaban J connectivity index is 2.08. The van der Waals surface area contributed by atoms with Gasteiger partial charge in [-0.05, 0) is 24.3 Å². The molecule has 0 heterocycles. The maximum absolute atomic E-state index is 12.0. The maximum Gasteiger partial charge on any atom is 0.269 e. The van der Waals surface area contributed by atoms with Crippen molar-refractivity contribution >= 4 is 22.3 Å². The summed E-state index contributed by atoms with van der Waals surface area (Å²) in [6.07, 6.45) is 0. The van der Waals surface area contributed by atoms with Crippen LogP contribution in [0.25, 0.3) is 0 Å². The number of non-ortho nitro benzene ring substituents is 1. The molecule has 5 nitrogen and oxygen atoms in total. The average molecular weight is 289 g/mol. The molecule has 0 fully saturated rings. The molecule has 20 heavy (non-hydrogen) atoms. The number of rotatable bonds is 5. The minimum absolute atomic E-state index is 0.0780. The topological polar surface area (TPSA) is 77.3 Å². The van der Waals surface area contributed by atoms with Crippen molar-refractivity contribution in [1.82, 2.24) is 0 Å². The fourth-order valence-electron chi connectivity index (χ4n) is 1.63. The van der Waals surface area contributed by atoms with Crippen molar-refractivity contribution < 1.29 is 13.9 Å². The van der Waals surface area contributed by atoms with Gasteiger partial charge in [-0.3, -0.25) is 19.1 Å². The van der Waals surface area contributed by atoms with E-state index in [-0.39, 0.29) is 17.2 Å². The van der Waals surface area contributed by atoms with Gasteiger partial charge in [0.25, 0.3) is 5.69 Å². The predicted molar refractivity (Wildman–Crippen MR) is 75.1 cm³/mol. The number of benzene rings is 2. The van der Waals surface area contributed by atoms with Crippen molar-refractivity contribution in [3.63, 3.8) is 0 Å². The van der Waals surface area contributed by atoms with Crippen LogP contribution in [0.15, 0.2) is 59.5 Å². The third-order valence-electron chi connectivity index (χ3n) is 2.67. The molecule has 2 rings (SSSR count). The number of nitro benzene ring substituents is 1. The highest BCUT2D eigenvalue weighted by molar-refractivity contribution is 7.85. The second-order valence-electron chi connectivity index (χ2n) is 4.03. The molecule has 0 bridgehead atoms. The first-order chi connectivity index (χ1) is 9.58. The molecule has 0 aliphatic heterocycles. The lowest BCUT2D eigenvalue weighted by molar-refractivity contribution is -0.384. The van der Waals surface area contributed by atoms with Crippen molar-refractivity contribution in [2.45, 2.75) is 4.90 Å². The molecule has 102 valence electrons. The highest BCUT2D eigenvalue weighted by Crippen LogP contribution is 2.14. The molecule has 0 aliphatic rings. The first kappa shape index (κ1) is 14.1. The number of hydrogen-bond acceptors (Lipinski definition) is 4. The molecule has 0 saturated carbocycles. The maximum atomic E-state index is 12.0. The van der Waals surface area contributed by atoms with Gasteiger partial charge in [0.1, 0.15) is 0 Å². The summed E-state index contributed by atoms with van der Waals surface area (Å²) in [5.41, 5.74) is 0.241. The Morgan fingerprint density at radius 1 is 1.05 bits per heavy atom. The van der Waals surface area contributed by atoms with Crippen LogP contribution in [0.1, 0.15) is 10.4 Å². The Hall–Kier alpha value is -2.34. The van der Waals surface area contributed by atoms with Gasteiger partial charge >= 0.3 is 0 Å². The van der Waals surface area contributed by atoms with E-state index < -0.39 is 15.7 Å². The van der Waals surface area contributed by atoms with E-state index in [2.05, 4.69) is 0 Å². The number of carbonyl (C=O) groups is 1. The fourth-order valence-corrected chi connectivity index (χ4v) is 2.66. The number of carbonyl (C=O) groups excluding carboxylic acids is 1. The zero-order chi connectivity index (χ0) is 14.5. The van der Waals surface area contributed by atoms with Crippen LogP contribution in [0, 0.1) is 10.1 Å². The van der Waals surface area contributed by atoms with Gasteiger partial charge in [-0.15, -0.1) is 0 Å². The van der Waals surface area contributed by atoms with E-state index in [0.717, 1.165) is 0 Å². The smallest absolute Gasteiger partial charge is 0.269 e. The summed E-state index contributed by atoms with van der Waals surface area (Å²) in [4.78, 5) is 22.5. The summed E-state index contributed by atoms with van der Waals surface area (Å²) in [5, 5.41) is 10.5. The minimum atomic E-state index is -1.41. The molecule has 0 aliphatic carbocycles. The molecule has 1 unspecified atom stereocenters. The average Bonchev–Trinajstić information content (AvgIpc) is 2.48. The zero-order valence-electron chi connectivity index (χ0n) is 10.4. The molecule has 2 aromatic rings. The molecule has 0 N–H and O–H groups in total. The van der Waals surface area contributed by atoms with Gasteiger partial charge in [-0.25, -0.2) is 0 Å². The van der Waals surface area contributed by atoms with E-state index in [9.17, 15) is 19.1 Å². The molecule has 0 saturated heterocycles. The van der Waals surface area contributed by atoms with Crippen LogP contribution in [0.4, 0.5) is 5.69 Å². The Labute approximate surface area is 117 Å². The molecule has 0 aromatic heterocycles. The van der Waals surface area contributed by atoms with Crippen LogP contribution >= 0.6 is 0 Å². The number of nitro groups is 1. The van der Waals surface area contributed by atoms with Gasteiger partial charge in [0.05, 0.1) is 21.5 Å². The van der Waals surface area contributed by atoms with Crippen LogP contribution in [-0.4, -0.2) is 20.7 Å². The number of hydrogen-bond donors (Lipinski definition) is 0. The Morgan fingerprint density at radius 3 is 2.20 bits per heavy atom. The number of Topliss-reactive ketones (excluding diaryl/α,β-unsaturated/α-hetero) is 1. The second-order valence-corrected chi connectivity index (χ2v) is 5.48. The lowest BCUT2D eigenvalue weighted by Gasteiger charge is -2.02. The van der Waals surface area contributed by atoms with E-state index >= 15 is 0 Å². The highest BCUT2D eigenvalue weighted by Gasteiger charge is 2.13. The predicted octanol–water partition coefficient (Wildman–Crippen LogP) is 2.59. The number of ketones is 1. The molecule has 0 spiro atoms. The molecule has 6 heteroatoms. The third kappa shape index (κ3) is 3.36. The van der Waals surface area contributed by atoms with Gasteiger partial charge in [0.2, 0.25) is 0 Å². The van der Waals surface area contributed by atoms with Crippen molar-refractivity contribution in [3.8, 4) is 0 Å². The van der Waals surface area contributed by atoms with Crippen molar-refractivity contribution in [2.24, 2.45) is 0 Å². The van der Waals surface area contributed by atoms with Crippen molar-refractivity contribution in [2.75, 3.05) is 5.75 Å². The quantitative estimate of drug-likeness (QED) is 0.481. The van der Waals surface area contributed by atoms with Crippen LogP contribution < -0.4 is 0 Å². The number of nitrogens with zero attached hydrogens (tertiary/aromatic N) is 1. The van der Waals surface area contributed by atoms with Crippen LogP contribution in [0.2, 0.25) is 0 Å². The second kappa shape index (κ2) is 6.21. The van der Waals surface area contributed by atoms with Gasteiger partial charge in [-0.1, -0.05) is 18.2 Å². The van der Waals surface area contributed by atoms with Gasteiger partial charge in [-0.2, -0.15) is 0 Å². The lowest BCUT2D eigenvalue weighted by atomic mass is 10.1. The standard InChI is InChI=1S/C14H11NO4S/c16-14(10-20(19)13-4-2-1-3-5-13)11-6-8-12(9-7-11)15(17)18/h1-9H,10H2. The first-order valence-corrected chi connectivity index (χ1v) is 7.11. The van der Waals surface area contributed by atoms with Gasteiger partial charge in [0, 0.05) is 22.6 Å². The summed E-state index contributed by atoms with van der Waals surface area (Å²) >= 11 is 0. The summed E-state index contributed by atoms with van der Waals surface area (Å²) in [6.45, 7) is 0. The van der Waals surface area contributed by atoms with Crippen molar-refractivity contribution in [3.05, 3.63) is 70.3 Å². The van der Waals surface area contributed by atoms with Crippen LogP contribution in [0.3, 0.4) is 0 Å². The summed E-state index contributed by atoms with van der Waals surface area (Å²) in [6, 6.07) is 14.0. The molecular weight excluding hydrogens is 278 g/mol. The molecular formula is C14H11NO4S. The van der Waals surface area contributed by atoms with E-state index in [4.69, 9.17) is 0 Å². The van der Waals surface area contributed by atoms with Gasteiger partial charge < -0.3 is 0 Å².